The summed E-state index contributed by atoms with van der Waals surface area (Å²) in [6, 6.07) is 0. The number of aryl methyl sites for hydroxylation is 1. The molecule has 6 nitrogen and oxygen atoms in total. The second kappa shape index (κ2) is 7.03. The van der Waals surface area contributed by atoms with Gasteiger partial charge >= 0.3 is 6.09 Å². The number of carbonyl (C=O) groups is 1. The van der Waals surface area contributed by atoms with E-state index >= 15 is 0 Å². The van der Waals surface area contributed by atoms with Crippen LogP contribution in [0.15, 0.2) is 12.4 Å². The molecule has 22 heavy (non-hydrogen) atoms. The maximum Gasteiger partial charge on any atom is 0.410 e. The van der Waals surface area contributed by atoms with Crippen LogP contribution >= 0.6 is 0 Å². The van der Waals surface area contributed by atoms with Crippen molar-refractivity contribution in [2.75, 3.05) is 18.8 Å². The zero-order chi connectivity index (χ0) is 16.2. The average molecular weight is 308 g/mol. The lowest BCUT2D eigenvalue weighted by Gasteiger charge is -2.33. The molecule has 0 saturated carbocycles. The van der Waals surface area contributed by atoms with Crippen LogP contribution in [0.4, 0.5) is 10.5 Å². The number of hydrogen-bond acceptors (Lipinski definition) is 4. The van der Waals surface area contributed by atoms with E-state index in [0.717, 1.165) is 38.9 Å². The van der Waals surface area contributed by atoms with Gasteiger partial charge < -0.3 is 15.4 Å². The lowest BCUT2D eigenvalue weighted by Crippen LogP contribution is -2.41. The SMILES string of the molecule is CC(C)(C)OC(=O)N1CCC(CCCn2cc(N)cn2)CC1. The van der Waals surface area contributed by atoms with Gasteiger partial charge in [0.05, 0.1) is 11.9 Å². The van der Waals surface area contributed by atoms with Crippen molar-refractivity contribution in [3.8, 4) is 0 Å². The minimum Gasteiger partial charge on any atom is -0.444 e. The molecule has 124 valence electrons. The molecule has 0 unspecified atom stereocenters. The molecule has 1 aromatic rings. The third-order valence-corrected chi connectivity index (χ3v) is 3.92. The van der Waals surface area contributed by atoms with Crippen LogP contribution < -0.4 is 5.73 Å². The van der Waals surface area contributed by atoms with Crippen LogP contribution in [0.25, 0.3) is 0 Å². The number of nitrogens with zero attached hydrogens (tertiary/aromatic N) is 3. The molecule has 1 aliphatic rings. The van der Waals surface area contributed by atoms with Gasteiger partial charge in [-0.15, -0.1) is 0 Å². The standard InChI is InChI=1S/C16H28N4O2/c1-16(2,3)22-15(21)19-9-6-13(7-10-19)5-4-8-20-12-14(17)11-18-20/h11-13H,4-10,17H2,1-3H3. The maximum atomic E-state index is 12.0. The fraction of sp³-hybridized carbons (Fsp3) is 0.750. The van der Waals surface area contributed by atoms with Crippen molar-refractivity contribution >= 4 is 11.8 Å². The summed E-state index contributed by atoms with van der Waals surface area (Å²) < 4.78 is 7.31. The van der Waals surface area contributed by atoms with E-state index in [0.29, 0.717) is 11.6 Å². The van der Waals surface area contributed by atoms with E-state index in [4.69, 9.17) is 10.5 Å². The van der Waals surface area contributed by atoms with Crippen LogP contribution in [0, 0.1) is 5.92 Å². The molecule has 0 bridgehead atoms. The van der Waals surface area contributed by atoms with Gasteiger partial charge in [-0.25, -0.2) is 4.79 Å². The Morgan fingerprint density at radius 3 is 2.64 bits per heavy atom. The largest absolute Gasteiger partial charge is 0.444 e. The van der Waals surface area contributed by atoms with Gasteiger partial charge in [-0.2, -0.15) is 5.10 Å². The molecule has 0 atom stereocenters. The lowest BCUT2D eigenvalue weighted by atomic mass is 9.92. The predicted octanol–water partition coefficient (Wildman–Crippen LogP) is 2.89. The first kappa shape index (κ1) is 16.6. The highest BCUT2D eigenvalue weighted by atomic mass is 16.6. The second-order valence-electron chi connectivity index (χ2n) is 7.09. The fourth-order valence-electron chi connectivity index (χ4n) is 2.77. The van der Waals surface area contributed by atoms with Crippen molar-refractivity contribution in [1.29, 1.82) is 0 Å². The van der Waals surface area contributed by atoms with Crippen LogP contribution in [0.3, 0.4) is 0 Å². The molecular formula is C16H28N4O2. The van der Waals surface area contributed by atoms with E-state index in [1.54, 1.807) is 6.20 Å². The number of amides is 1. The maximum absolute atomic E-state index is 12.0. The summed E-state index contributed by atoms with van der Waals surface area (Å²) in [5.41, 5.74) is 5.94. The van der Waals surface area contributed by atoms with Crippen LogP contribution in [0.2, 0.25) is 0 Å². The van der Waals surface area contributed by atoms with Gasteiger partial charge in [0.1, 0.15) is 5.60 Å². The number of piperidine rings is 1. The molecule has 0 radical (unpaired) electrons. The highest BCUT2D eigenvalue weighted by molar-refractivity contribution is 5.68. The number of aromatic nitrogens is 2. The van der Waals surface area contributed by atoms with Gasteiger partial charge in [-0.3, -0.25) is 4.68 Å². The molecule has 1 saturated heterocycles. The minimum atomic E-state index is -0.417. The molecular weight excluding hydrogens is 280 g/mol. The molecule has 2 rings (SSSR count). The van der Waals surface area contributed by atoms with Crippen molar-refractivity contribution in [3.63, 3.8) is 0 Å². The number of hydrogen-bond donors (Lipinski definition) is 1. The Morgan fingerprint density at radius 1 is 1.41 bits per heavy atom. The monoisotopic (exact) mass is 308 g/mol. The Bertz CT molecular complexity index is 485. The van der Waals surface area contributed by atoms with Crippen molar-refractivity contribution in [3.05, 3.63) is 12.4 Å². The average Bonchev–Trinajstić information content (AvgIpc) is 2.83. The van der Waals surface area contributed by atoms with E-state index in [1.165, 1.54) is 6.42 Å². The van der Waals surface area contributed by atoms with Crippen molar-refractivity contribution < 1.29 is 9.53 Å². The molecule has 0 aliphatic carbocycles. The number of likely N-dealkylation sites (tertiary alicyclic amines) is 1. The summed E-state index contributed by atoms with van der Waals surface area (Å²) in [7, 11) is 0. The van der Waals surface area contributed by atoms with Gasteiger partial charge in [0.2, 0.25) is 0 Å². The van der Waals surface area contributed by atoms with Crippen molar-refractivity contribution in [1.82, 2.24) is 14.7 Å². The quantitative estimate of drug-likeness (QED) is 0.928. The number of anilines is 1. The number of nitrogens with two attached hydrogens (primary N) is 1. The zero-order valence-corrected chi connectivity index (χ0v) is 13.9. The molecule has 2 heterocycles. The molecule has 1 amide bonds. The van der Waals surface area contributed by atoms with Crippen LogP contribution in [0.1, 0.15) is 46.5 Å². The first-order valence-corrected chi connectivity index (χ1v) is 8.09. The summed E-state index contributed by atoms with van der Waals surface area (Å²) in [6.45, 7) is 8.21. The minimum absolute atomic E-state index is 0.182. The van der Waals surface area contributed by atoms with Gasteiger partial charge in [0, 0.05) is 25.8 Å². The van der Waals surface area contributed by atoms with E-state index in [-0.39, 0.29) is 6.09 Å². The molecule has 0 aromatic carbocycles. The smallest absolute Gasteiger partial charge is 0.410 e. The number of carbonyl (C=O) groups excluding carboxylic acids is 1. The summed E-state index contributed by atoms with van der Waals surface area (Å²) >= 11 is 0. The zero-order valence-electron chi connectivity index (χ0n) is 13.9. The van der Waals surface area contributed by atoms with E-state index in [1.807, 2.05) is 36.5 Å². The Labute approximate surface area is 132 Å². The highest BCUT2D eigenvalue weighted by Gasteiger charge is 2.26. The normalized spacial score (nSPS) is 16.8. The van der Waals surface area contributed by atoms with Gasteiger partial charge in [0.25, 0.3) is 0 Å². The predicted molar refractivity (Wildman–Crippen MR) is 86.4 cm³/mol. The summed E-state index contributed by atoms with van der Waals surface area (Å²) in [5.74, 6) is 0.687. The Balaban J connectivity index is 1.65. The molecule has 2 N–H and O–H groups in total. The van der Waals surface area contributed by atoms with E-state index in [2.05, 4.69) is 5.10 Å². The summed E-state index contributed by atoms with van der Waals surface area (Å²) in [4.78, 5) is 13.8. The molecule has 1 fully saturated rings. The third kappa shape index (κ3) is 5.24. The number of rotatable bonds is 4. The topological polar surface area (TPSA) is 73.4 Å². The molecule has 0 spiro atoms. The first-order chi connectivity index (χ1) is 10.3. The van der Waals surface area contributed by atoms with Gasteiger partial charge in [0.15, 0.2) is 0 Å². The van der Waals surface area contributed by atoms with Gasteiger partial charge in [-0.05, 0) is 52.4 Å². The Hall–Kier alpha value is -1.72. The Kier molecular flexibility index (Phi) is 5.32. The van der Waals surface area contributed by atoms with Crippen LogP contribution in [-0.2, 0) is 11.3 Å². The fourth-order valence-corrected chi connectivity index (χ4v) is 2.77. The molecule has 6 heteroatoms. The van der Waals surface area contributed by atoms with E-state index < -0.39 is 5.60 Å². The van der Waals surface area contributed by atoms with Crippen LogP contribution in [0.5, 0.6) is 0 Å². The molecule has 1 aromatic heterocycles. The summed E-state index contributed by atoms with van der Waals surface area (Å²) in [6.07, 6.45) is 7.74. The number of nitrogen functional groups attached to an aromatic ring is 1. The first-order valence-electron chi connectivity index (χ1n) is 8.09. The van der Waals surface area contributed by atoms with Crippen molar-refractivity contribution in [2.24, 2.45) is 5.92 Å². The lowest BCUT2D eigenvalue weighted by molar-refractivity contribution is 0.0180. The van der Waals surface area contributed by atoms with Gasteiger partial charge in [-0.1, -0.05) is 0 Å². The third-order valence-electron chi connectivity index (χ3n) is 3.92. The molecule has 1 aliphatic heterocycles. The van der Waals surface area contributed by atoms with E-state index in [9.17, 15) is 4.79 Å². The summed E-state index contributed by atoms with van der Waals surface area (Å²) in [5, 5.41) is 4.19. The highest BCUT2D eigenvalue weighted by Crippen LogP contribution is 2.23. The van der Waals surface area contributed by atoms with Crippen LogP contribution in [-0.4, -0.2) is 39.5 Å². The second-order valence-corrected chi connectivity index (χ2v) is 7.09. The van der Waals surface area contributed by atoms with Crippen molar-refractivity contribution in [2.45, 2.75) is 58.6 Å². The Morgan fingerprint density at radius 2 is 2.09 bits per heavy atom. The number of ether oxygens (including phenoxy) is 1.